The van der Waals surface area contributed by atoms with E-state index in [1.54, 1.807) is 19.1 Å². The maximum atomic E-state index is 14.3. The maximum absolute atomic E-state index is 14.3. The number of halogens is 2. The Balaban J connectivity index is 1.45. The van der Waals surface area contributed by atoms with Crippen LogP contribution in [0, 0.1) is 5.82 Å². The van der Waals surface area contributed by atoms with E-state index in [1.807, 2.05) is 91.1 Å². The first-order valence-electron chi connectivity index (χ1n) is 14.8. The number of esters is 1. The smallest absolute Gasteiger partial charge is 0.338 e. The van der Waals surface area contributed by atoms with Gasteiger partial charge in [-0.05, 0) is 48.4 Å². The molecule has 0 unspecified atom stereocenters. The second-order valence-corrected chi connectivity index (χ2v) is 12.2. The van der Waals surface area contributed by atoms with Crippen LogP contribution in [0.1, 0.15) is 35.2 Å². The summed E-state index contributed by atoms with van der Waals surface area (Å²) in [6, 6.07) is 30.0. The number of ether oxygens (including phenoxy) is 1. The fraction of sp³-hybridized carbons (Fsp3) is 0.108. The molecule has 0 spiro atoms. The normalized spacial score (nSPS) is 14.8. The molecule has 228 valence electrons. The molecule has 46 heavy (non-hydrogen) atoms. The quantitative estimate of drug-likeness (QED) is 0.181. The molecule has 0 N–H and O–H groups in total. The van der Waals surface area contributed by atoms with Crippen LogP contribution in [0.5, 0.6) is 0 Å². The van der Waals surface area contributed by atoms with Crippen LogP contribution < -0.4 is 14.9 Å². The summed E-state index contributed by atoms with van der Waals surface area (Å²) < 4.78 is 23.7. The lowest BCUT2D eigenvalue weighted by atomic mass is 9.93. The molecule has 1 aliphatic heterocycles. The Hall–Kier alpha value is -5.05. The van der Waals surface area contributed by atoms with E-state index in [9.17, 15) is 14.0 Å². The van der Waals surface area contributed by atoms with Gasteiger partial charge >= 0.3 is 5.97 Å². The average Bonchev–Trinajstić information content (AvgIpc) is 3.58. The summed E-state index contributed by atoms with van der Waals surface area (Å²) in [6.07, 6.45) is 3.89. The van der Waals surface area contributed by atoms with Crippen LogP contribution in [0.2, 0.25) is 5.02 Å². The predicted octanol–water partition coefficient (Wildman–Crippen LogP) is 6.73. The van der Waals surface area contributed by atoms with Crippen LogP contribution in [-0.2, 0) is 16.1 Å². The van der Waals surface area contributed by atoms with Gasteiger partial charge in [0.05, 0.1) is 28.5 Å². The van der Waals surface area contributed by atoms with Crippen molar-refractivity contribution in [3.05, 3.63) is 168 Å². The third-order valence-corrected chi connectivity index (χ3v) is 9.32. The van der Waals surface area contributed by atoms with Gasteiger partial charge in [-0.2, -0.15) is 0 Å². The number of aromatic nitrogens is 2. The van der Waals surface area contributed by atoms with Gasteiger partial charge in [-0.25, -0.2) is 14.2 Å². The Morgan fingerprint density at radius 2 is 1.70 bits per heavy atom. The second-order valence-electron chi connectivity index (χ2n) is 10.8. The zero-order valence-electron chi connectivity index (χ0n) is 24.7. The largest absolute Gasteiger partial charge is 0.463 e. The molecular weight excluding hydrogens is 621 g/mol. The third-order valence-electron chi connectivity index (χ3n) is 7.96. The minimum atomic E-state index is -0.880. The summed E-state index contributed by atoms with van der Waals surface area (Å²) >= 11 is 7.74. The summed E-state index contributed by atoms with van der Waals surface area (Å²) in [5.41, 5.74) is 4.44. The number of thiazole rings is 1. The Morgan fingerprint density at radius 3 is 2.46 bits per heavy atom. The van der Waals surface area contributed by atoms with Crippen molar-refractivity contribution in [2.24, 2.45) is 4.99 Å². The highest BCUT2D eigenvalue weighted by Crippen LogP contribution is 2.35. The standard InChI is InChI=1S/C37H27ClFN3O3S/c1-2-45-36(44)32-33(23-10-4-3-5-11-23)40-37-42(34(32)24-16-18-27(39)19-17-24)35(43)31(46-37)20-26-22-41(30-15-9-7-13-28(26)30)21-25-12-6-8-14-29(25)38/h3-20,22,34H,2,21H2,1H3/b31-20-/t34-/m1/s1. The van der Waals surface area contributed by atoms with Crippen molar-refractivity contribution in [1.82, 2.24) is 9.13 Å². The molecule has 1 atom stereocenters. The lowest BCUT2D eigenvalue weighted by Crippen LogP contribution is -2.40. The summed E-state index contributed by atoms with van der Waals surface area (Å²) in [6.45, 7) is 2.43. The lowest BCUT2D eigenvalue weighted by molar-refractivity contribution is -0.138. The summed E-state index contributed by atoms with van der Waals surface area (Å²) in [5, 5.41) is 1.66. The first-order valence-corrected chi connectivity index (χ1v) is 16.0. The molecule has 9 heteroatoms. The number of rotatable bonds is 7. The molecular formula is C37H27ClFN3O3S. The van der Waals surface area contributed by atoms with Gasteiger partial charge in [0.15, 0.2) is 4.80 Å². The van der Waals surface area contributed by atoms with Gasteiger partial charge < -0.3 is 9.30 Å². The van der Waals surface area contributed by atoms with Crippen LogP contribution in [0.3, 0.4) is 0 Å². The number of benzene rings is 4. The third kappa shape index (κ3) is 5.40. The highest BCUT2D eigenvalue weighted by Gasteiger charge is 2.35. The van der Waals surface area contributed by atoms with E-state index in [-0.39, 0.29) is 17.7 Å². The number of carbonyl (C=O) groups excluding carboxylic acids is 1. The number of hydrogen-bond acceptors (Lipinski definition) is 5. The van der Waals surface area contributed by atoms with Crippen molar-refractivity contribution in [3.8, 4) is 0 Å². The molecule has 6 nitrogen and oxygen atoms in total. The number of para-hydroxylation sites is 1. The number of fused-ring (bicyclic) bond motifs is 2. The number of nitrogens with zero attached hydrogens (tertiary/aromatic N) is 3. The summed E-state index contributed by atoms with van der Waals surface area (Å²) in [4.78, 5) is 33.3. The van der Waals surface area contributed by atoms with E-state index in [1.165, 1.54) is 28.0 Å². The zero-order chi connectivity index (χ0) is 31.8. The van der Waals surface area contributed by atoms with E-state index < -0.39 is 17.8 Å². The van der Waals surface area contributed by atoms with Crippen molar-refractivity contribution < 1.29 is 13.9 Å². The van der Waals surface area contributed by atoms with Crippen LogP contribution in [0.4, 0.5) is 4.39 Å². The van der Waals surface area contributed by atoms with Crippen LogP contribution in [0.15, 0.2) is 125 Å². The van der Waals surface area contributed by atoms with E-state index in [0.29, 0.717) is 37.7 Å². The van der Waals surface area contributed by atoms with Crippen LogP contribution in [0.25, 0.3) is 22.7 Å². The van der Waals surface area contributed by atoms with Gasteiger partial charge in [-0.15, -0.1) is 0 Å². The Kier molecular flexibility index (Phi) is 7.98. The molecule has 0 amide bonds. The molecule has 2 aromatic heterocycles. The molecule has 7 rings (SSSR count). The van der Waals surface area contributed by atoms with Crippen LogP contribution >= 0.6 is 22.9 Å². The molecule has 0 saturated carbocycles. The van der Waals surface area contributed by atoms with E-state index in [0.717, 1.165) is 22.0 Å². The molecule has 0 saturated heterocycles. The van der Waals surface area contributed by atoms with Gasteiger partial charge in [-0.3, -0.25) is 9.36 Å². The first-order chi connectivity index (χ1) is 22.4. The zero-order valence-corrected chi connectivity index (χ0v) is 26.3. The van der Waals surface area contributed by atoms with Crippen molar-refractivity contribution >= 4 is 51.6 Å². The number of carbonyl (C=O) groups is 1. The van der Waals surface area contributed by atoms with Gasteiger partial charge in [0.2, 0.25) is 0 Å². The van der Waals surface area contributed by atoms with E-state index in [4.69, 9.17) is 21.3 Å². The fourth-order valence-corrected chi connectivity index (χ4v) is 7.06. The Bertz CT molecular complexity index is 2320. The minimum absolute atomic E-state index is 0.142. The van der Waals surface area contributed by atoms with E-state index in [2.05, 4.69) is 4.57 Å². The monoisotopic (exact) mass is 647 g/mol. The first kappa shape index (κ1) is 29.6. The SMILES string of the molecule is CCOC(=O)C1=C(c2ccccc2)N=c2s/c(=C\c3cn(Cc4ccccc4Cl)c4ccccc34)c(=O)n2[C@@H]1c1ccc(F)cc1. The molecule has 4 aromatic carbocycles. The van der Waals surface area contributed by atoms with Gasteiger partial charge in [0.1, 0.15) is 5.82 Å². The minimum Gasteiger partial charge on any atom is -0.463 e. The topological polar surface area (TPSA) is 65.6 Å². The van der Waals surface area contributed by atoms with Gasteiger partial charge in [0, 0.05) is 39.8 Å². The highest BCUT2D eigenvalue weighted by atomic mass is 35.5. The van der Waals surface area contributed by atoms with Crippen molar-refractivity contribution in [1.29, 1.82) is 0 Å². The van der Waals surface area contributed by atoms with Crippen molar-refractivity contribution in [2.45, 2.75) is 19.5 Å². The average molecular weight is 648 g/mol. The summed E-state index contributed by atoms with van der Waals surface area (Å²) in [5.74, 6) is -1.01. The van der Waals surface area contributed by atoms with Crippen LogP contribution in [-0.4, -0.2) is 21.7 Å². The second kappa shape index (κ2) is 12.4. The molecule has 0 aliphatic carbocycles. The van der Waals surface area contributed by atoms with Crippen molar-refractivity contribution in [2.75, 3.05) is 6.61 Å². The highest BCUT2D eigenvalue weighted by molar-refractivity contribution is 7.07. The number of hydrogen-bond donors (Lipinski definition) is 0. The maximum Gasteiger partial charge on any atom is 0.338 e. The van der Waals surface area contributed by atoms with E-state index >= 15 is 0 Å². The molecule has 0 bridgehead atoms. The van der Waals surface area contributed by atoms with Gasteiger partial charge in [0.25, 0.3) is 5.56 Å². The molecule has 0 radical (unpaired) electrons. The Labute approximate surface area is 272 Å². The van der Waals surface area contributed by atoms with Gasteiger partial charge in [-0.1, -0.05) is 102 Å². The molecule has 6 aromatic rings. The fourth-order valence-electron chi connectivity index (χ4n) is 5.87. The Morgan fingerprint density at radius 1 is 0.978 bits per heavy atom. The summed E-state index contributed by atoms with van der Waals surface area (Å²) in [7, 11) is 0. The van der Waals surface area contributed by atoms with Crippen molar-refractivity contribution in [3.63, 3.8) is 0 Å². The molecule has 1 aliphatic rings. The predicted molar refractivity (Wildman–Crippen MR) is 180 cm³/mol. The molecule has 0 fully saturated rings. The molecule has 3 heterocycles. The lowest BCUT2D eigenvalue weighted by Gasteiger charge is -2.25.